The topological polar surface area (TPSA) is 75.7 Å². The predicted octanol–water partition coefficient (Wildman–Crippen LogP) is 4.40. The lowest BCUT2D eigenvalue weighted by atomic mass is 9.69. The van der Waals surface area contributed by atoms with Crippen LogP contribution in [0.3, 0.4) is 0 Å². The molecule has 1 amide bonds. The molecule has 37 heavy (non-hydrogen) atoms. The molecular formula is C30H32N2O4S. The maximum absolute atomic E-state index is 14.2. The Morgan fingerprint density at radius 2 is 1.62 bits per heavy atom. The van der Waals surface area contributed by atoms with Crippen molar-refractivity contribution < 1.29 is 17.9 Å². The van der Waals surface area contributed by atoms with Crippen molar-refractivity contribution in [2.24, 2.45) is 5.92 Å². The van der Waals surface area contributed by atoms with E-state index in [1.807, 2.05) is 36.4 Å². The Hall–Kier alpha value is -3.16. The van der Waals surface area contributed by atoms with Gasteiger partial charge in [-0.3, -0.25) is 9.69 Å². The lowest BCUT2D eigenvalue weighted by Crippen LogP contribution is -2.69. The second-order valence-corrected chi connectivity index (χ2v) is 12.6. The number of carbonyl (C=O) groups is 1. The number of rotatable bonds is 6. The fraction of sp³-hybridized carbons (Fsp3) is 0.367. The van der Waals surface area contributed by atoms with E-state index >= 15 is 0 Å². The molecule has 0 radical (unpaired) electrons. The second kappa shape index (κ2) is 9.30. The summed E-state index contributed by atoms with van der Waals surface area (Å²) in [6.45, 7) is 2.27. The maximum Gasteiger partial charge on any atom is 0.256 e. The van der Waals surface area contributed by atoms with E-state index in [2.05, 4.69) is 34.5 Å². The summed E-state index contributed by atoms with van der Waals surface area (Å²) in [5.74, 6) is 0.651. The van der Waals surface area contributed by atoms with Crippen LogP contribution >= 0.6 is 0 Å². The molecule has 3 saturated heterocycles. The van der Waals surface area contributed by atoms with Gasteiger partial charge in [-0.25, -0.2) is 8.42 Å². The van der Waals surface area contributed by atoms with Crippen LogP contribution in [0.15, 0.2) is 77.7 Å². The number of hydrogen-bond acceptors (Lipinski definition) is 5. The number of fused-ring (bicyclic) bond motifs is 4. The average Bonchev–Trinajstić information content (AvgIpc) is 3.38. The number of ether oxygens (including phenoxy) is 1. The van der Waals surface area contributed by atoms with Crippen molar-refractivity contribution in [3.8, 4) is 5.75 Å². The minimum atomic E-state index is -3.49. The maximum atomic E-state index is 14.2. The molecule has 1 N–H and O–H groups in total. The van der Waals surface area contributed by atoms with Gasteiger partial charge in [-0.05, 0) is 54.0 Å². The number of piperidine rings is 3. The van der Waals surface area contributed by atoms with E-state index in [4.69, 9.17) is 4.74 Å². The summed E-state index contributed by atoms with van der Waals surface area (Å²) in [4.78, 5) is 16.8. The molecule has 0 aromatic heterocycles. The predicted molar refractivity (Wildman–Crippen MR) is 143 cm³/mol. The number of amides is 1. The van der Waals surface area contributed by atoms with E-state index in [1.165, 1.54) is 12.3 Å². The van der Waals surface area contributed by atoms with Gasteiger partial charge in [0.1, 0.15) is 11.4 Å². The van der Waals surface area contributed by atoms with Gasteiger partial charge in [0.05, 0.1) is 17.1 Å². The van der Waals surface area contributed by atoms with Crippen molar-refractivity contribution in [2.75, 3.05) is 26.0 Å². The molecule has 3 aromatic carbocycles. The molecule has 0 aliphatic carbocycles. The highest BCUT2D eigenvalue weighted by molar-refractivity contribution is 7.90. The number of sulfone groups is 1. The Morgan fingerprint density at radius 1 is 1.00 bits per heavy atom. The number of benzene rings is 3. The van der Waals surface area contributed by atoms with Crippen LogP contribution < -0.4 is 10.1 Å². The summed E-state index contributed by atoms with van der Waals surface area (Å²) >= 11 is 0. The number of carbonyl (C=O) groups excluding carboxylic acids is 1. The summed E-state index contributed by atoms with van der Waals surface area (Å²) < 4.78 is 30.8. The second-order valence-electron chi connectivity index (χ2n) is 10.6. The molecular weight excluding hydrogens is 484 g/mol. The van der Waals surface area contributed by atoms with Gasteiger partial charge in [-0.2, -0.15) is 0 Å². The van der Waals surface area contributed by atoms with Gasteiger partial charge >= 0.3 is 0 Å². The van der Waals surface area contributed by atoms with Crippen molar-refractivity contribution in [3.05, 3.63) is 95.1 Å². The van der Waals surface area contributed by atoms with Crippen molar-refractivity contribution in [1.82, 2.24) is 10.2 Å². The van der Waals surface area contributed by atoms with E-state index < -0.39 is 15.5 Å². The molecule has 3 fully saturated rings. The van der Waals surface area contributed by atoms with Crippen LogP contribution in [0, 0.1) is 5.92 Å². The highest BCUT2D eigenvalue weighted by Gasteiger charge is 2.52. The number of nitrogens with zero attached hydrogens (tertiary/aromatic N) is 1. The molecule has 4 aliphatic rings. The first-order valence-electron chi connectivity index (χ1n) is 13.0. The zero-order chi connectivity index (χ0) is 25.6. The van der Waals surface area contributed by atoms with E-state index in [9.17, 15) is 13.2 Å². The monoisotopic (exact) mass is 516 g/mol. The number of hydrogen-bond donors (Lipinski definition) is 1. The third-order valence-electron chi connectivity index (χ3n) is 8.28. The van der Waals surface area contributed by atoms with Crippen LogP contribution in [0.5, 0.6) is 5.75 Å². The standard InChI is InChI=1S/C30H32N2O4S/c1-37(34,35)25-18-24-14-17-36-28(24)26(19-25)29(33)31-30(20-21-12-15-32(30)16-13-21)27(22-8-4-2-5-9-22)23-10-6-3-7-11-23/h2-11,18-19,21,27H,12-17,20H2,1H3,(H,31,33). The molecule has 6 nitrogen and oxygen atoms in total. The Bertz CT molecular complexity index is 1380. The largest absolute Gasteiger partial charge is 0.492 e. The third-order valence-corrected chi connectivity index (χ3v) is 9.37. The molecule has 3 aromatic rings. The van der Waals surface area contributed by atoms with Gasteiger partial charge in [0.2, 0.25) is 0 Å². The summed E-state index contributed by atoms with van der Waals surface area (Å²) in [6.07, 6.45) is 4.85. The molecule has 0 saturated carbocycles. The van der Waals surface area contributed by atoms with Crippen LogP contribution in [-0.4, -0.2) is 50.8 Å². The molecule has 7 heteroatoms. The van der Waals surface area contributed by atoms with Crippen LogP contribution in [0.2, 0.25) is 0 Å². The quantitative estimate of drug-likeness (QED) is 0.526. The van der Waals surface area contributed by atoms with Gasteiger partial charge in [0.15, 0.2) is 9.84 Å². The van der Waals surface area contributed by atoms with Gasteiger partial charge < -0.3 is 10.1 Å². The van der Waals surface area contributed by atoms with Gasteiger partial charge in [-0.1, -0.05) is 60.7 Å². The van der Waals surface area contributed by atoms with Crippen molar-refractivity contribution >= 4 is 15.7 Å². The lowest BCUT2D eigenvalue weighted by molar-refractivity contribution is -0.0562. The zero-order valence-corrected chi connectivity index (χ0v) is 21.8. The lowest BCUT2D eigenvalue weighted by Gasteiger charge is -2.58. The van der Waals surface area contributed by atoms with E-state index in [0.717, 1.165) is 49.0 Å². The van der Waals surface area contributed by atoms with Crippen LogP contribution in [0.25, 0.3) is 0 Å². The Labute approximate surface area is 218 Å². The smallest absolute Gasteiger partial charge is 0.256 e. The van der Waals surface area contributed by atoms with Crippen molar-refractivity contribution in [2.45, 2.75) is 42.2 Å². The van der Waals surface area contributed by atoms with Crippen molar-refractivity contribution in [3.63, 3.8) is 0 Å². The fourth-order valence-corrected chi connectivity index (χ4v) is 7.26. The highest BCUT2D eigenvalue weighted by atomic mass is 32.2. The average molecular weight is 517 g/mol. The third kappa shape index (κ3) is 4.34. The minimum absolute atomic E-state index is 0.0889. The first-order valence-corrected chi connectivity index (χ1v) is 14.9. The number of nitrogens with one attached hydrogen (secondary N) is 1. The van der Waals surface area contributed by atoms with Crippen LogP contribution in [-0.2, 0) is 16.3 Å². The molecule has 1 atom stereocenters. The Morgan fingerprint density at radius 3 is 2.16 bits per heavy atom. The first kappa shape index (κ1) is 24.2. The molecule has 1 unspecified atom stereocenters. The zero-order valence-electron chi connectivity index (χ0n) is 21.0. The van der Waals surface area contributed by atoms with E-state index in [-0.39, 0.29) is 16.7 Å². The summed E-state index contributed by atoms with van der Waals surface area (Å²) in [5, 5.41) is 3.50. The van der Waals surface area contributed by atoms with Gasteiger partial charge in [-0.15, -0.1) is 0 Å². The summed E-state index contributed by atoms with van der Waals surface area (Å²) in [6, 6.07) is 23.9. The SMILES string of the molecule is CS(=O)(=O)c1cc2c(c(C(=O)NC3(C(c4ccccc4)c4ccccc4)CC4CCN3CC4)c1)OCC2. The molecule has 192 valence electrons. The highest BCUT2D eigenvalue weighted by Crippen LogP contribution is 2.48. The van der Waals surface area contributed by atoms with Crippen LogP contribution in [0.4, 0.5) is 0 Å². The summed E-state index contributed by atoms with van der Waals surface area (Å²) in [5.41, 5.74) is 2.72. The normalized spacial score (nSPS) is 24.5. The minimum Gasteiger partial charge on any atom is -0.492 e. The van der Waals surface area contributed by atoms with E-state index in [1.54, 1.807) is 6.07 Å². The van der Waals surface area contributed by atoms with Gasteiger partial charge in [0.25, 0.3) is 5.91 Å². The van der Waals surface area contributed by atoms with Crippen LogP contribution in [0.1, 0.15) is 52.2 Å². The molecule has 2 bridgehead atoms. The first-order chi connectivity index (χ1) is 17.8. The fourth-order valence-electron chi connectivity index (χ4n) is 6.57. The Balaban J connectivity index is 1.49. The summed E-state index contributed by atoms with van der Waals surface area (Å²) in [7, 11) is -3.49. The molecule has 0 spiro atoms. The van der Waals surface area contributed by atoms with Gasteiger partial charge in [0, 0.05) is 31.7 Å². The Kier molecular flexibility index (Phi) is 6.08. The van der Waals surface area contributed by atoms with E-state index in [0.29, 0.717) is 30.3 Å². The molecule has 7 rings (SSSR count). The molecule has 4 aliphatic heterocycles. The molecule has 4 heterocycles. The van der Waals surface area contributed by atoms with Crippen molar-refractivity contribution in [1.29, 1.82) is 0 Å².